The topological polar surface area (TPSA) is 30.5 Å². The van der Waals surface area contributed by atoms with Crippen molar-refractivity contribution in [1.82, 2.24) is 5.32 Å². The van der Waals surface area contributed by atoms with Crippen LogP contribution in [0.5, 0.6) is 11.5 Å². The number of halogens is 2. The Kier molecular flexibility index (Phi) is 3.22. The van der Waals surface area contributed by atoms with E-state index in [9.17, 15) is 8.78 Å². The molecule has 22 heavy (non-hydrogen) atoms. The Morgan fingerprint density at radius 3 is 2.55 bits per heavy atom. The molecule has 0 spiro atoms. The zero-order chi connectivity index (χ0) is 15.1. The molecule has 0 saturated heterocycles. The SMILES string of the molecule is Fc1ccc(F)c(C2NCCc3cc4c(cc32)OCCO4)c1. The minimum absolute atomic E-state index is 0.317. The van der Waals surface area contributed by atoms with Gasteiger partial charge in [0, 0.05) is 12.1 Å². The van der Waals surface area contributed by atoms with Crippen molar-refractivity contribution in [3.05, 3.63) is 58.7 Å². The highest BCUT2D eigenvalue weighted by atomic mass is 19.1. The molecule has 0 amide bonds. The molecule has 0 fully saturated rings. The van der Waals surface area contributed by atoms with Gasteiger partial charge in [0.1, 0.15) is 24.8 Å². The highest BCUT2D eigenvalue weighted by Crippen LogP contribution is 2.39. The quantitative estimate of drug-likeness (QED) is 0.878. The van der Waals surface area contributed by atoms with Crippen molar-refractivity contribution >= 4 is 0 Å². The van der Waals surface area contributed by atoms with Crippen LogP contribution in [-0.2, 0) is 6.42 Å². The lowest BCUT2D eigenvalue weighted by Gasteiger charge is -2.30. The molecule has 0 radical (unpaired) electrons. The Morgan fingerprint density at radius 2 is 1.73 bits per heavy atom. The third kappa shape index (κ3) is 2.22. The van der Waals surface area contributed by atoms with Gasteiger partial charge in [0.15, 0.2) is 11.5 Å². The molecule has 1 N–H and O–H groups in total. The van der Waals surface area contributed by atoms with Crippen molar-refractivity contribution in [2.75, 3.05) is 19.8 Å². The van der Waals surface area contributed by atoms with Gasteiger partial charge >= 0.3 is 0 Å². The third-order valence-electron chi connectivity index (χ3n) is 4.13. The van der Waals surface area contributed by atoms with Crippen LogP contribution in [0, 0.1) is 11.6 Å². The number of ether oxygens (including phenoxy) is 2. The van der Waals surface area contributed by atoms with Crippen molar-refractivity contribution in [3.8, 4) is 11.5 Å². The van der Waals surface area contributed by atoms with Crippen molar-refractivity contribution < 1.29 is 18.3 Å². The maximum absolute atomic E-state index is 14.1. The van der Waals surface area contributed by atoms with Gasteiger partial charge in [0.25, 0.3) is 0 Å². The predicted molar refractivity (Wildman–Crippen MR) is 77.3 cm³/mol. The standard InChI is InChI=1S/C17H15F2NO2/c18-11-1-2-14(19)13(8-11)17-12-9-16-15(21-5-6-22-16)7-10(12)3-4-20-17/h1-2,7-9,17,20H,3-6H2. The maximum Gasteiger partial charge on any atom is 0.161 e. The minimum Gasteiger partial charge on any atom is -0.486 e. The molecular weight excluding hydrogens is 288 g/mol. The Bertz CT molecular complexity index is 733. The number of hydrogen-bond acceptors (Lipinski definition) is 3. The summed E-state index contributed by atoms with van der Waals surface area (Å²) in [6.07, 6.45) is 0.819. The zero-order valence-electron chi connectivity index (χ0n) is 11.9. The number of nitrogens with one attached hydrogen (secondary N) is 1. The largest absolute Gasteiger partial charge is 0.486 e. The summed E-state index contributed by atoms with van der Waals surface area (Å²) in [4.78, 5) is 0. The summed E-state index contributed by atoms with van der Waals surface area (Å²) >= 11 is 0. The van der Waals surface area contributed by atoms with Gasteiger partial charge in [-0.25, -0.2) is 8.78 Å². The molecule has 0 aromatic heterocycles. The van der Waals surface area contributed by atoms with Crippen LogP contribution in [0.3, 0.4) is 0 Å². The smallest absolute Gasteiger partial charge is 0.161 e. The van der Waals surface area contributed by atoms with Crippen molar-refractivity contribution in [3.63, 3.8) is 0 Å². The van der Waals surface area contributed by atoms with Crippen LogP contribution in [0.25, 0.3) is 0 Å². The van der Waals surface area contributed by atoms with Crippen LogP contribution in [-0.4, -0.2) is 19.8 Å². The molecular formula is C17H15F2NO2. The Balaban J connectivity index is 1.83. The van der Waals surface area contributed by atoms with Crippen LogP contribution in [0.15, 0.2) is 30.3 Å². The second-order valence-electron chi connectivity index (χ2n) is 5.50. The molecule has 0 aliphatic carbocycles. The van der Waals surface area contributed by atoms with E-state index in [0.717, 1.165) is 29.4 Å². The van der Waals surface area contributed by atoms with E-state index in [4.69, 9.17) is 9.47 Å². The molecule has 2 aromatic carbocycles. The predicted octanol–water partition coefficient (Wildman–Crippen LogP) is 2.97. The lowest BCUT2D eigenvalue weighted by molar-refractivity contribution is 0.171. The number of fused-ring (bicyclic) bond motifs is 2. The molecule has 2 aliphatic rings. The molecule has 1 atom stereocenters. The van der Waals surface area contributed by atoms with E-state index in [1.807, 2.05) is 12.1 Å². The van der Waals surface area contributed by atoms with E-state index >= 15 is 0 Å². The molecule has 0 bridgehead atoms. The van der Waals surface area contributed by atoms with Crippen molar-refractivity contribution in [2.24, 2.45) is 0 Å². The number of hydrogen-bond donors (Lipinski definition) is 1. The first-order valence-corrected chi connectivity index (χ1v) is 7.33. The molecule has 2 aliphatic heterocycles. The fraction of sp³-hybridized carbons (Fsp3) is 0.294. The Morgan fingerprint density at radius 1 is 0.955 bits per heavy atom. The highest BCUT2D eigenvalue weighted by molar-refractivity contribution is 5.52. The third-order valence-corrected chi connectivity index (χ3v) is 4.13. The molecule has 114 valence electrons. The van der Waals surface area contributed by atoms with Gasteiger partial charge in [-0.2, -0.15) is 0 Å². The van der Waals surface area contributed by atoms with Crippen molar-refractivity contribution in [1.29, 1.82) is 0 Å². The van der Waals surface area contributed by atoms with Crippen LogP contribution < -0.4 is 14.8 Å². The summed E-state index contributed by atoms with van der Waals surface area (Å²) in [7, 11) is 0. The summed E-state index contributed by atoms with van der Waals surface area (Å²) < 4.78 is 38.8. The summed E-state index contributed by atoms with van der Waals surface area (Å²) in [5, 5.41) is 3.26. The summed E-state index contributed by atoms with van der Waals surface area (Å²) in [6.45, 7) is 1.73. The molecule has 4 rings (SSSR count). The Hall–Kier alpha value is -2.14. The second-order valence-corrected chi connectivity index (χ2v) is 5.50. The van der Waals surface area contributed by atoms with Gasteiger partial charge in [-0.05, 0) is 47.9 Å². The van der Waals surface area contributed by atoms with Crippen LogP contribution >= 0.6 is 0 Å². The van der Waals surface area contributed by atoms with Gasteiger partial charge in [-0.3, -0.25) is 0 Å². The summed E-state index contributed by atoms with van der Waals surface area (Å²) in [5.74, 6) is 0.533. The van der Waals surface area contributed by atoms with Gasteiger partial charge < -0.3 is 14.8 Å². The van der Waals surface area contributed by atoms with E-state index < -0.39 is 11.6 Å². The molecule has 5 heteroatoms. The molecule has 0 saturated carbocycles. The first kappa shape index (κ1) is 13.5. The maximum atomic E-state index is 14.1. The fourth-order valence-corrected chi connectivity index (χ4v) is 3.11. The molecule has 1 unspecified atom stereocenters. The lowest BCUT2D eigenvalue weighted by atomic mass is 9.89. The number of rotatable bonds is 1. The molecule has 2 heterocycles. The van der Waals surface area contributed by atoms with E-state index in [1.165, 1.54) is 12.1 Å². The van der Waals surface area contributed by atoms with Crippen molar-refractivity contribution in [2.45, 2.75) is 12.5 Å². The van der Waals surface area contributed by atoms with Crippen LogP contribution in [0.1, 0.15) is 22.7 Å². The monoisotopic (exact) mass is 303 g/mol. The van der Waals surface area contributed by atoms with Crippen LogP contribution in [0.4, 0.5) is 8.78 Å². The van der Waals surface area contributed by atoms with Crippen LogP contribution in [0.2, 0.25) is 0 Å². The summed E-state index contributed by atoms with van der Waals surface area (Å²) in [5.41, 5.74) is 2.31. The minimum atomic E-state index is -0.442. The van der Waals surface area contributed by atoms with Gasteiger partial charge in [-0.15, -0.1) is 0 Å². The average Bonchev–Trinajstić information content (AvgIpc) is 2.55. The van der Waals surface area contributed by atoms with Gasteiger partial charge in [-0.1, -0.05) is 0 Å². The van der Waals surface area contributed by atoms with E-state index in [-0.39, 0.29) is 6.04 Å². The zero-order valence-corrected chi connectivity index (χ0v) is 11.9. The highest BCUT2D eigenvalue weighted by Gasteiger charge is 2.27. The summed E-state index contributed by atoms with van der Waals surface area (Å²) in [6, 6.07) is 7.00. The van der Waals surface area contributed by atoms with Gasteiger partial charge in [0.2, 0.25) is 0 Å². The molecule has 3 nitrogen and oxygen atoms in total. The van der Waals surface area contributed by atoms with E-state index in [1.54, 1.807) is 0 Å². The second kappa shape index (κ2) is 5.25. The lowest BCUT2D eigenvalue weighted by Crippen LogP contribution is -2.31. The van der Waals surface area contributed by atoms with E-state index in [2.05, 4.69) is 5.32 Å². The first-order chi connectivity index (χ1) is 10.7. The van der Waals surface area contributed by atoms with Gasteiger partial charge in [0.05, 0.1) is 6.04 Å². The molecule has 2 aromatic rings. The van der Waals surface area contributed by atoms with E-state index in [0.29, 0.717) is 31.1 Å². The normalized spacial score (nSPS) is 19.6. The Labute approximate surface area is 126 Å². The average molecular weight is 303 g/mol. The fourth-order valence-electron chi connectivity index (χ4n) is 3.11. The number of benzene rings is 2. The first-order valence-electron chi connectivity index (χ1n) is 7.33.